The molecule has 0 spiro atoms. The highest BCUT2D eigenvalue weighted by molar-refractivity contribution is 7.89. The fourth-order valence-corrected chi connectivity index (χ4v) is 3.61. The molecular formula is C13H20N2O3S2. The molecule has 0 atom stereocenters. The largest absolute Gasteiger partial charge is 0.389 e. The monoisotopic (exact) mass is 316 g/mol. The van der Waals surface area contributed by atoms with E-state index >= 15 is 0 Å². The van der Waals surface area contributed by atoms with E-state index < -0.39 is 15.6 Å². The van der Waals surface area contributed by atoms with Gasteiger partial charge in [-0.15, -0.1) is 0 Å². The maximum absolute atomic E-state index is 12.3. The molecule has 7 heteroatoms. The molecule has 0 saturated carbocycles. The van der Waals surface area contributed by atoms with E-state index in [1.807, 2.05) is 0 Å². The topological polar surface area (TPSA) is 81.4 Å². The Hall–Kier alpha value is -1.02. The van der Waals surface area contributed by atoms with Crippen molar-refractivity contribution < 1.29 is 13.2 Å². The number of nitrogens with two attached hydrogens (primary N) is 1. The molecule has 0 unspecified atom stereocenters. The fraction of sp³-hybridized carbons (Fsp3) is 0.462. The lowest BCUT2D eigenvalue weighted by Gasteiger charge is -2.25. The number of methoxy groups -OCH3 is 1. The van der Waals surface area contributed by atoms with E-state index in [-0.39, 0.29) is 16.5 Å². The lowest BCUT2D eigenvalue weighted by molar-refractivity contribution is 0.141. The first kappa shape index (κ1) is 17.0. The number of hydrogen-bond acceptors (Lipinski definition) is 4. The van der Waals surface area contributed by atoms with Crippen LogP contribution in [0.15, 0.2) is 23.1 Å². The Labute approximate surface area is 125 Å². The third-order valence-corrected chi connectivity index (χ3v) is 4.61. The minimum atomic E-state index is -3.62. The molecule has 112 valence electrons. The van der Waals surface area contributed by atoms with Crippen LogP contribution in [0.2, 0.25) is 0 Å². The molecule has 20 heavy (non-hydrogen) atoms. The van der Waals surface area contributed by atoms with Crippen molar-refractivity contribution in [3.8, 4) is 0 Å². The predicted octanol–water partition coefficient (Wildman–Crippen LogP) is 1.33. The van der Waals surface area contributed by atoms with Gasteiger partial charge in [0.15, 0.2) is 0 Å². The summed E-state index contributed by atoms with van der Waals surface area (Å²) < 4.78 is 32.3. The van der Waals surface area contributed by atoms with Gasteiger partial charge >= 0.3 is 0 Å². The molecule has 3 N–H and O–H groups in total. The summed E-state index contributed by atoms with van der Waals surface area (Å²) in [6.45, 7) is 5.55. The Morgan fingerprint density at radius 2 is 2.05 bits per heavy atom. The van der Waals surface area contributed by atoms with Crippen molar-refractivity contribution in [1.82, 2.24) is 4.72 Å². The van der Waals surface area contributed by atoms with Crippen molar-refractivity contribution in [3.63, 3.8) is 0 Å². The zero-order chi connectivity index (χ0) is 15.6. The molecule has 0 aromatic heterocycles. The van der Waals surface area contributed by atoms with E-state index in [2.05, 4.69) is 4.72 Å². The lowest BCUT2D eigenvalue weighted by Crippen LogP contribution is -2.46. The lowest BCUT2D eigenvalue weighted by atomic mass is 10.1. The quantitative estimate of drug-likeness (QED) is 0.774. The Morgan fingerprint density at radius 1 is 1.45 bits per heavy atom. The third-order valence-electron chi connectivity index (χ3n) is 2.69. The first-order valence-corrected chi connectivity index (χ1v) is 7.91. The van der Waals surface area contributed by atoms with Crippen molar-refractivity contribution in [1.29, 1.82) is 0 Å². The molecule has 1 rings (SSSR count). The van der Waals surface area contributed by atoms with Gasteiger partial charge in [-0.1, -0.05) is 18.3 Å². The Morgan fingerprint density at radius 3 is 2.50 bits per heavy atom. The maximum Gasteiger partial charge on any atom is 0.241 e. The summed E-state index contributed by atoms with van der Waals surface area (Å²) >= 11 is 4.90. The summed E-state index contributed by atoms with van der Waals surface area (Å²) in [7, 11) is -2.09. The number of nitrogens with one attached hydrogen (secondary N) is 1. The van der Waals surface area contributed by atoms with Gasteiger partial charge in [0.25, 0.3) is 0 Å². The smallest absolute Gasteiger partial charge is 0.241 e. The molecule has 0 aliphatic carbocycles. The molecule has 0 fully saturated rings. The zero-order valence-corrected chi connectivity index (χ0v) is 13.7. The summed E-state index contributed by atoms with van der Waals surface area (Å²) in [6.07, 6.45) is 0. The summed E-state index contributed by atoms with van der Waals surface area (Å²) in [4.78, 5) is 0.429. The van der Waals surface area contributed by atoms with Crippen LogP contribution in [0, 0.1) is 6.92 Å². The van der Waals surface area contributed by atoms with Crippen molar-refractivity contribution in [2.24, 2.45) is 5.73 Å². The summed E-state index contributed by atoms with van der Waals surface area (Å²) in [5.41, 5.74) is 6.28. The minimum Gasteiger partial charge on any atom is -0.389 e. The van der Waals surface area contributed by atoms with Crippen LogP contribution < -0.4 is 10.5 Å². The van der Waals surface area contributed by atoms with E-state index in [9.17, 15) is 8.42 Å². The zero-order valence-electron chi connectivity index (χ0n) is 12.1. The van der Waals surface area contributed by atoms with Crippen LogP contribution in [0.4, 0.5) is 0 Å². The van der Waals surface area contributed by atoms with Crippen molar-refractivity contribution >= 4 is 27.2 Å². The molecule has 5 nitrogen and oxygen atoms in total. The Balaban J connectivity index is 3.11. The number of rotatable bonds is 6. The van der Waals surface area contributed by atoms with Crippen LogP contribution in [0.5, 0.6) is 0 Å². The van der Waals surface area contributed by atoms with Crippen LogP contribution in [0.3, 0.4) is 0 Å². The first-order chi connectivity index (χ1) is 9.09. The second-order valence-corrected chi connectivity index (χ2v) is 7.39. The number of ether oxygens (including phenoxy) is 1. The van der Waals surface area contributed by atoms with Gasteiger partial charge in [-0.05, 0) is 38.5 Å². The average molecular weight is 316 g/mol. The number of benzene rings is 1. The molecule has 0 heterocycles. The Kier molecular flexibility index (Phi) is 5.26. The molecule has 0 bridgehead atoms. The Bertz CT molecular complexity index is 610. The third kappa shape index (κ3) is 4.24. The first-order valence-electron chi connectivity index (χ1n) is 6.02. The number of thiocarbonyl (C=S) groups is 1. The van der Waals surface area contributed by atoms with Crippen molar-refractivity contribution in [2.75, 3.05) is 13.7 Å². The normalized spacial score (nSPS) is 12.4. The van der Waals surface area contributed by atoms with Gasteiger partial charge in [0, 0.05) is 12.7 Å². The van der Waals surface area contributed by atoms with Gasteiger partial charge in [0.05, 0.1) is 17.0 Å². The highest BCUT2D eigenvalue weighted by Gasteiger charge is 2.26. The SMILES string of the molecule is COCC(C)(C)NS(=O)(=O)c1ccc(C(N)=S)c(C)c1. The summed E-state index contributed by atoms with van der Waals surface area (Å²) in [5.74, 6) is 0. The highest BCUT2D eigenvalue weighted by Crippen LogP contribution is 2.17. The molecule has 0 radical (unpaired) electrons. The summed E-state index contributed by atoms with van der Waals surface area (Å²) in [5, 5.41) is 0. The molecule has 0 amide bonds. The number of sulfonamides is 1. The standard InChI is InChI=1S/C13H20N2O3S2/c1-9-7-10(5-6-11(9)12(14)19)20(16,17)15-13(2,3)8-18-4/h5-7,15H,8H2,1-4H3,(H2,14,19). The molecule has 0 aliphatic rings. The van der Waals surface area contributed by atoms with E-state index in [0.29, 0.717) is 5.56 Å². The van der Waals surface area contributed by atoms with Gasteiger partial charge in [0.2, 0.25) is 10.0 Å². The van der Waals surface area contributed by atoms with Gasteiger partial charge in [0.1, 0.15) is 4.99 Å². The van der Waals surface area contributed by atoms with Crippen molar-refractivity contribution in [3.05, 3.63) is 29.3 Å². The van der Waals surface area contributed by atoms with E-state index in [1.165, 1.54) is 13.2 Å². The van der Waals surface area contributed by atoms with E-state index in [4.69, 9.17) is 22.7 Å². The molecule has 1 aromatic carbocycles. The van der Waals surface area contributed by atoms with Crippen molar-refractivity contribution in [2.45, 2.75) is 31.2 Å². The van der Waals surface area contributed by atoms with Gasteiger partial charge in [-0.25, -0.2) is 13.1 Å². The van der Waals surface area contributed by atoms with Gasteiger partial charge in [-0.3, -0.25) is 0 Å². The molecule has 1 aromatic rings. The maximum atomic E-state index is 12.3. The second kappa shape index (κ2) is 6.17. The average Bonchev–Trinajstić information content (AvgIpc) is 2.26. The van der Waals surface area contributed by atoms with E-state index in [0.717, 1.165) is 5.56 Å². The second-order valence-electron chi connectivity index (χ2n) is 5.26. The highest BCUT2D eigenvalue weighted by atomic mass is 32.2. The van der Waals surface area contributed by atoms with E-state index in [1.54, 1.807) is 32.9 Å². The minimum absolute atomic E-state index is 0.180. The van der Waals surface area contributed by atoms with Crippen LogP contribution in [0.1, 0.15) is 25.0 Å². The van der Waals surface area contributed by atoms with Crippen LogP contribution in [0.25, 0.3) is 0 Å². The van der Waals surface area contributed by atoms with Gasteiger partial charge in [-0.2, -0.15) is 0 Å². The molecule has 0 saturated heterocycles. The van der Waals surface area contributed by atoms with Crippen LogP contribution in [-0.4, -0.2) is 32.7 Å². The number of hydrogen-bond donors (Lipinski definition) is 2. The fourth-order valence-electron chi connectivity index (χ4n) is 1.89. The van der Waals surface area contributed by atoms with Crippen LogP contribution in [-0.2, 0) is 14.8 Å². The molecule has 0 aliphatic heterocycles. The van der Waals surface area contributed by atoms with Gasteiger partial charge < -0.3 is 10.5 Å². The van der Waals surface area contributed by atoms with Crippen LogP contribution >= 0.6 is 12.2 Å². The molecular weight excluding hydrogens is 296 g/mol. The summed E-state index contributed by atoms with van der Waals surface area (Å²) in [6, 6.07) is 4.67. The number of aryl methyl sites for hydroxylation is 1. The predicted molar refractivity (Wildman–Crippen MR) is 83.3 cm³/mol.